The number of halogens is 2. The van der Waals surface area contributed by atoms with Crippen molar-refractivity contribution in [1.29, 1.82) is 0 Å². The van der Waals surface area contributed by atoms with Gasteiger partial charge >= 0.3 is 5.97 Å². The van der Waals surface area contributed by atoms with E-state index in [9.17, 15) is 14.3 Å². The fourth-order valence-corrected chi connectivity index (χ4v) is 1.23. The molecule has 0 radical (unpaired) electrons. The van der Waals surface area contributed by atoms with E-state index in [0.717, 1.165) is 19.2 Å². The Balaban J connectivity index is 3.01. The van der Waals surface area contributed by atoms with Gasteiger partial charge in [0.2, 0.25) is 0 Å². The topological polar surface area (TPSA) is 46.5 Å². The first-order valence-corrected chi connectivity index (χ1v) is 4.15. The van der Waals surface area contributed by atoms with Gasteiger partial charge in [0.15, 0.2) is 6.10 Å². The number of esters is 1. The van der Waals surface area contributed by atoms with Gasteiger partial charge < -0.3 is 9.84 Å². The second-order valence-electron chi connectivity index (χ2n) is 2.59. The van der Waals surface area contributed by atoms with Crippen LogP contribution in [0.25, 0.3) is 0 Å². The van der Waals surface area contributed by atoms with Crippen LogP contribution in [-0.4, -0.2) is 18.2 Å². The summed E-state index contributed by atoms with van der Waals surface area (Å²) >= 11 is 5.62. The number of benzene rings is 1. The number of carbonyl (C=O) groups is 1. The fraction of sp³-hybridized carbons (Fsp3) is 0.222. The lowest BCUT2D eigenvalue weighted by atomic mass is 10.1. The summed E-state index contributed by atoms with van der Waals surface area (Å²) in [6.07, 6.45) is -1.48. The maximum atomic E-state index is 12.6. The molecule has 0 amide bonds. The third kappa shape index (κ3) is 2.21. The molecule has 0 aromatic heterocycles. The van der Waals surface area contributed by atoms with E-state index in [1.165, 1.54) is 6.07 Å². The summed E-state index contributed by atoms with van der Waals surface area (Å²) in [5.41, 5.74) is 0.125. The van der Waals surface area contributed by atoms with Crippen LogP contribution in [0.15, 0.2) is 18.2 Å². The zero-order chi connectivity index (χ0) is 10.7. The first-order valence-electron chi connectivity index (χ1n) is 3.77. The van der Waals surface area contributed by atoms with Crippen LogP contribution in [-0.2, 0) is 9.53 Å². The molecule has 0 aliphatic heterocycles. The number of aliphatic hydroxyl groups excluding tert-OH is 1. The Bertz CT molecular complexity index is 354. The molecule has 1 rings (SSSR count). The molecule has 3 nitrogen and oxygen atoms in total. The van der Waals surface area contributed by atoms with Crippen molar-refractivity contribution in [2.24, 2.45) is 0 Å². The van der Waals surface area contributed by atoms with Crippen LogP contribution in [0.3, 0.4) is 0 Å². The normalized spacial score (nSPS) is 12.3. The molecule has 0 saturated heterocycles. The average molecular weight is 219 g/mol. The molecule has 1 atom stereocenters. The molecule has 1 aromatic carbocycles. The standard InChI is InChI=1S/C9H8ClFO3/c1-14-9(13)8(12)6-3-2-5(11)4-7(6)10/h2-4,8,12H,1H3. The fourth-order valence-electron chi connectivity index (χ4n) is 0.962. The van der Waals surface area contributed by atoms with Crippen LogP contribution in [0.4, 0.5) is 4.39 Å². The minimum absolute atomic E-state index is 0.0112. The van der Waals surface area contributed by atoms with Gasteiger partial charge in [-0.25, -0.2) is 9.18 Å². The summed E-state index contributed by atoms with van der Waals surface area (Å²) in [5.74, 6) is -1.37. The molecule has 0 bridgehead atoms. The van der Waals surface area contributed by atoms with E-state index in [4.69, 9.17) is 11.6 Å². The molecule has 0 saturated carbocycles. The zero-order valence-corrected chi connectivity index (χ0v) is 8.08. The Morgan fingerprint density at radius 1 is 1.64 bits per heavy atom. The Morgan fingerprint density at radius 3 is 2.79 bits per heavy atom. The molecule has 0 aliphatic carbocycles. The first-order chi connectivity index (χ1) is 6.56. The first kappa shape index (κ1) is 10.9. The van der Waals surface area contributed by atoms with Gasteiger partial charge in [-0.15, -0.1) is 0 Å². The van der Waals surface area contributed by atoms with E-state index in [1.54, 1.807) is 0 Å². The number of hydrogen-bond donors (Lipinski definition) is 1. The molecule has 5 heteroatoms. The van der Waals surface area contributed by atoms with Crippen molar-refractivity contribution in [2.45, 2.75) is 6.10 Å². The summed E-state index contributed by atoms with van der Waals surface area (Å²) in [5, 5.41) is 9.37. The van der Waals surface area contributed by atoms with Crippen LogP contribution >= 0.6 is 11.6 Å². The molecular weight excluding hydrogens is 211 g/mol. The highest BCUT2D eigenvalue weighted by Crippen LogP contribution is 2.24. The van der Waals surface area contributed by atoms with Crippen molar-refractivity contribution in [3.63, 3.8) is 0 Å². The van der Waals surface area contributed by atoms with Crippen molar-refractivity contribution < 1.29 is 19.0 Å². The van der Waals surface area contributed by atoms with Gasteiger partial charge in [-0.05, 0) is 12.1 Å². The monoisotopic (exact) mass is 218 g/mol. The summed E-state index contributed by atoms with van der Waals surface area (Å²) in [7, 11) is 1.14. The summed E-state index contributed by atoms with van der Waals surface area (Å²) < 4.78 is 16.9. The lowest BCUT2D eigenvalue weighted by Gasteiger charge is -2.09. The highest BCUT2D eigenvalue weighted by molar-refractivity contribution is 6.31. The maximum Gasteiger partial charge on any atom is 0.339 e. The molecule has 76 valence electrons. The number of aliphatic hydroxyl groups is 1. The molecule has 1 unspecified atom stereocenters. The largest absolute Gasteiger partial charge is 0.467 e. The molecule has 0 spiro atoms. The van der Waals surface area contributed by atoms with Crippen LogP contribution in [0.5, 0.6) is 0 Å². The molecular formula is C9H8ClFO3. The van der Waals surface area contributed by atoms with Crippen LogP contribution in [0, 0.1) is 5.82 Å². The SMILES string of the molecule is COC(=O)C(O)c1ccc(F)cc1Cl. The molecule has 14 heavy (non-hydrogen) atoms. The minimum atomic E-state index is -1.48. The Labute approximate surface area is 85.1 Å². The van der Waals surface area contributed by atoms with Gasteiger partial charge in [-0.1, -0.05) is 17.7 Å². The molecule has 0 aliphatic rings. The second kappa shape index (κ2) is 4.39. The zero-order valence-electron chi connectivity index (χ0n) is 7.33. The van der Waals surface area contributed by atoms with Crippen molar-refractivity contribution in [3.05, 3.63) is 34.6 Å². The van der Waals surface area contributed by atoms with Crippen molar-refractivity contribution in [3.8, 4) is 0 Å². The average Bonchev–Trinajstić information content (AvgIpc) is 2.15. The highest BCUT2D eigenvalue weighted by Gasteiger charge is 2.20. The summed E-state index contributed by atoms with van der Waals surface area (Å²) in [6.45, 7) is 0. The number of carbonyl (C=O) groups excluding carboxylic acids is 1. The molecule has 1 N–H and O–H groups in total. The van der Waals surface area contributed by atoms with Gasteiger partial charge in [-0.2, -0.15) is 0 Å². The quantitative estimate of drug-likeness (QED) is 0.769. The summed E-state index contributed by atoms with van der Waals surface area (Å²) in [4.78, 5) is 10.9. The predicted molar refractivity (Wildman–Crippen MR) is 48.4 cm³/mol. The van der Waals surface area contributed by atoms with Crippen molar-refractivity contribution in [1.82, 2.24) is 0 Å². The third-order valence-electron chi connectivity index (χ3n) is 1.68. The maximum absolute atomic E-state index is 12.6. The van der Waals surface area contributed by atoms with Gasteiger partial charge in [0.1, 0.15) is 5.82 Å². The van der Waals surface area contributed by atoms with Gasteiger partial charge in [-0.3, -0.25) is 0 Å². The van der Waals surface area contributed by atoms with Crippen LogP contribution < -0.4 is 0 Å². The number of ether oxygens (including phenoxy) is 1. The lowest BCUT2D eigenvalue weighted by Crippen LogP contribution is -2.13. The van der Waals surface area contributed by atoms with Crippen LogP contribution in [0.1, 0.15) is 11.7 Å². The summed E-state index contributed by atoms with van der Waals surface area (Å²) in [6, 6.07) is 3.36. The third-order valence-corrected chi connectivity index (χ3v) is 2.01. The Morgan fingerprint density at radius 2 is 2.29 bits per heavy atom. The number of hydrogen-bond acceptors (Lipinski definition) is 3. The number of methoxy groups -OCH3 is 1. The highest BCUT2D eigenvalue weighted by atomic mass is 35.5. The van der Waals surface area contributed by atoms with Gasteiger partial charge in [0, 0.05) is 10.6 Å². The lowest BCUT2D eigenvalue weighted by molar-refractivity contribution is -0.150. The second-order valence-corrected chi connectivity index (χ2v) is 3.00. The minimum Gasteiger partial charge on any atom is -0.467 e. The van der Waals surface area contributed by atoms with E-state index in [0.29, 0.717) is 0 Å². The molecule has 0 heterocycles. The Kier molecular flexibility index (Phi) is 3.43. The van der Waals surface area contributed by atoms with E-state index < -0.39 is 17.9 Å². The van der Waals surface area contributed by atoms with Crippen molar-refractivity contribution in [2.75, 3.05) is 7.11 Å². The van der Waals surface area contributed by atoms with E-state index in [1.807, 2.05) is 0 Å². The Hall–Kier alpha value is -1.13. The van der Waals surface area contributed by atoms with Gasteiger partial charge in [0.05, 0.1) is 7.11 Å². The van der Waals surface area contributed by atoms with Crippen molar-refractivity contribution >= 4 is 17.6 Å². The van der Waals surface area contributed by atoms with E-state index in [-0.39, 0.29) is 10.6 Å². The van der Waals surface area contributed by atoms with Crippen LogP contribution in [0.2, 0.25) is 5.02 Å². The molecule has 0 fully saturated rings. The predicted octanol–water partition coefficient (Wildman–Crippen LogP) is 1.69. The molecule has 1 aromatic rings. The number of rotatable bonds is 2. The van der Waals surface area contributed by atoms with Gasteiger partial charge in [0.25, 0.3) is 0 Å². The van der Waals surface area contributed by atoms with E-state index >= 15 is 0 Å². The van der Waals surface area contributed by atoms with E-state index in [2.05, 4.69) is 4.74 Å². The smallest absolute Gasteiger partial charge is 0.339 e.